The fourth-order valence-electron chi connectivity index (χ4n) is 5.79. The fourth-order valence-corrected chi connectivity index (χ4v) is 6.49. The number of rotatable bonds is 4. The first-order valence-corrected chi connectivity index (χ1v) is 12.9. The molecule has 26 heavy (non-hydrogen) atoms. The van der Waals surface area contributed by atoms with Gasteiger partial charge < -0.3 is 0 Å². The second kappa shape index (κ2) is 10.6. The van der Waals surface area contributed by atoms with Crippen LogP contribution in [0.25, 0.3) is 0 Å². The predicted octanol–water partition coefficient (Wildman–Crippen LogP) is 8.69. The molecule has 0 heterocycles. The molecule has 1 aromatic carbocycles. The largest absolute Gasteiger partial charge is 0.0761 e. The summed E-state index contributed by atoms with van der Waals surface area (Å²) < 4.78 is 0.374. The molecule has 0 radical (unpaired) electrons. The van der Waals surface area contributed by atoms with E-state index in [-0.39, 0.29) is 0 Å². The first-order valence-electron chi connectivity index (χ1n) is 11.1. The monoisotopic (exact) mass is 482 g/mol. The summed E-state index contributed by atoms with van der Waals surface area (Å²) >= 11 is 7.50. The van der Waals surface area contributed by atoms with Gasteiger partial charge in [0.2, 0.25) is 0 Å². The van der Waals surface area contributed by atoms with Crippen LogP contribution < -0.4 is 0 Å². The number of hydrogen-bond donors (Lipinski definition) is 0. The van der Waals surface area contributed by atoms with Crippen LogP contribution in [0.1, 0.15) is 101 Å². The SMILES string of the molecule is BrC(Br)Cc1ccccc1C1(C2CCCCCCC2)CCCCCCC1. The molecule has 0 aromatic heterocycles. The Morgan fingerprint density at radius 1 is 0.769 bits per heavy atom. The lowest BCUT2D eigenvalue weighted by Crippen LogP contribution is -2.38. The third-order valence-corrected chi connectivity index (χ3v) is 7.71. The van der Waals surface area contributed by atoms with Crippen LogP contribution in [-0.4, -0.2) is 3.74 Å². The number of benzene rings is 1. The second-order valence-corrected chi connectivity index (χ2v) is 12.2. The van der Waals surface area contributed by atoms with E-state index in [1.165, 1.54) is 89.9 Å². The molecule has 3 rings (SSSR count). The Morgan fingerprint density at radius 3 is 1.92 bits per heavy atom. The molecule has 2 fully saturated rings. The van der Waals surface area contributed by atoms with Gasteiger partial charge in [0, 0.05) is 0 Å². The van der Waals surface area contributed by atoms with E-state index >= 15 is 0 Å². The molecule has 1 aromatic rings. The smallest absolute Gasteiger partial charge is 0.0738 e. The van der Waals surface area contributed by atoms with Gasteiger partial charge in [0.25, 0.3) is 0 Å². The van der Waals surface area contributed by atoms with Crippen molar-refractivity contribution >= 4 is 31.9 Å². The normalized spacial score (nSPS) is 23.0. The number of alkyl halides is 2. The second-order valence-electron chi connectivity index (χ2n) is 8.72. The zero-order valence-electron chi connectivity index (χ0n) is 16.3. The Bertz CT molecular complexity index is 521. The minimum Gasteiger partial charge on any atom is -0.0761 e. The molecule has 0 bridgehead atoms. The van der Waals surface area contributed by atoms with E-state index in [0.29, 0.717) is 9.15 Å². The number of halogens is 2. The van der Waals surface area contributed by atoms with Crippen LogP contribution in [-0.2, 0) is 11.8 Å². The molecule has 2 heteroatoms. The topological polar surface area (TPSA) is 0 Å². The van der Waals surface area contributed by atoms with E-state index in [1.54, 1.807) is 11.1 Å². The van der Waals surface area contributed by atoms with Gasteiger partial charge >= 0.3 is 0 Å². The molecule has 2 aliphatic carbocycles. The van der Waals surface area contributed by atoms with E-state index in [1.807, 2.05) is 0 Å². The van der Waals surface area contributed by atoms with E-state index in [4.69, 9.17) is 0 Å². The first kappa shape index (κ1) is 20.9. The minimum atomic E-state index is 0.374. The quantitative estimate of drug-likeness (QED) is 0.375. The number of hydrogen-bond acceptors (Lipinski definition) is 0. The van der Waals surface area contributed by atoms with Crippen molar-refractivity contribution in [3.8, 4) is 0 Å². The highest BCUT2D eigenvalue weighted by Crippen LogP contribution is 2.49. The van der Waals surface area contributed by atoms with Gasteiger partial charge in [-0.25, -0.2) is 0 Å². The van der Waals surface area contributed by atoms with Gasteiger partial charge in [0.1, 0.15) is 0 Å². The van der Waals surface area contributed by atoms with Crippen LogP contribution in [0.2, 0.25) is 0 Å². The summed E-state index contributed by atoms with van der Waals surface area (Å²) in [6.07, 6.45) is 21.3. The summed E-state index contributed by atoms with van der Waals surface area (Å²) in [6.45, 7) is 0. The van der Waals surface area contributed by atoms with Gasteiger partial charge in [-0.15, -0.1) is 0 Å². The molecule has 0 N–H and O–H groups in total. The van der Waals surface area contributed by atoms with Gasteiger partial charge in [-0.05, 0) is 54.6 Å². The lowest BCUT2D eigenvalue weighted by atomic mass is 9.59. The Balaban J connectivity index is 1.99. The van der Waals surface area contributed by atoms with Crippen molar-refractivity contribution in [2.24, 2.45) is 5.92 Å². The molecule has 0 atom stereocenters. The highest BCUT2D eigenvalue weighted by atomic mass is 79.9. The third-order valence-electron chi connectivity index (χ3n) is 7.06. The summed E-state index contributed by atoms with van der Waals surface area (Å²) in [5, 5.41) is 0. The van der Waals surface area contributed by atoms with Crippen molar-refractivity contribution in [2.45, 2.75) is 105 Å². The Kier molecular flexibility index (Phi) is 8.56. The van der Waals surface area contributed by atoms with Crippen LogP contribution in [0.3, 0.4) is 0 Å². The van der Waals surface area contributed by atoms with Crippen LogP contribution in [0.4, 0.5) is 0 Å². The highest BCUT2D eigenvalue weighted by Gasteiger charge is 2.40. The van der Waals surface area contributed by atoms with Crippen molar-refractivity contribution in [3.05, 3.63) is 35.4 Å². The molecular formula is C24H36Br2. The summed E-state index contributed by atoms with van der Waals surface area (Å²) in [5.74, 6) is 0.895. The standard InChI is InChI=1S/C24H36Br2/c25-23(26)19-20-13-9-10-16-22(20)24(17-11-5-2-6-12-18-24)21-14-7-3-1-4-8-15-21/h9-10,13,16,21,23H,1-8,11-12,14-15,17-19H2. The van der Waals surface area contributed by atoms with Gasteiger partial charge in [0.05, 0.1) is 3.74 Å². The van der Waals surface area contributed by atoms with Gasteiger partial charge in [-0.2, -0.15) is 0 Å². The maximum atomic E-state index is 3.75. The Morgan fingerprint density at radius 2 is 1.31 bits per heavy atom. The summed E-state index contributed by atoms with van der Waals surface area (Å²) in [5.41, 5.74) is 3.72. The predicted molar refractivity (Wildman–Crippen MR) is 122 cm³/mol. The van der Waals surface area contributed by atoms with Crippen molar-refractivity contribution in [1.29, 1.82) is 0 Å². The van der Waals surface area contributed by atoms with Crippen molar-refractivity contribution < 1.29 is 0 Å². The van der Waals surface area contributed by atoms with Crippen molar-refractivity contribution in [2.75, 3.05) is 0 Å². The maximum Gasteiger partial charge on any atom is 0.0738 e. The van der Waals surface area contributed by atoms with Crippen molar-refractivity contribution in [3.63, 3.8) is 0 Å². The first-order chi connectivity index (χ1) is 12.7. The zero-order valence-corrected chi connectivity index (χ0v) is 19.5. The maximum absolute atomic E-state index is 3.75. The molecule has 0 unspecified atom stereocenters. The minimum absolute atomic E-state index is 0.374. The molecule has 0 nitrogen and oxygen atoms in total. The van der Waals surface area contributed by atoms with Crippen LogP contribution in [0.15, 0.2) is 24.3 Å². The Hall–Kier alpha value is 0.180. The Labute approximate surface area is 178 Å². The van der Waals surface area contributed by atoms with E-state index in [0.717, 1.165) is 12.3 Å². The zero-order chi connectivity index (χ0) is 18.2. The lowest BCUT2D eigenvalue weighted by Gasteiger charge is -2.45. The van der Waals surface area contributed by atoms with Crippen molar-refractivity contribution in [1.82, 2.24) is 0 Å². The molecule has 2 aliphatic rings. The van der Waals surface area contributed by atoms with Crippen LogP contribution >= 0.6 is 31.9 Å². The average molecular weight is 484 g/mol. The van der Waals surface area contributed by atoms with E-state index in [2.05, 4.69) is 56.1 Å². The average Bonchev–Trinajstić information content (AvgIpc) is 2.56. The third kappa shape index (κ3) is 5.37. The molecule has 0 spiro atoms. The molecule has 0 saturated heterocycles. The molecule has 0 aliphatic heterocycles. The summed E-state index contributed by atoms with van der Waals surface area (Å²) in [4.78, 5) is 0. The molecule has 146 valence electrons. The fraction of sp³-hybridized carbons (Fsp3) is 0.750. The highest BCUT2D eigenvalue weighted by molar-refractivity contribution is 9.24. The van der Waals surface area contributed by atoms with Crippen LogP contribution in [0.5, 0.6) is 0 Å². The molecule has 0 amide bonds. The molecular weight excluding hydrogens is 448 g/mol. The van der Waals surface area contributed by atoms with Gasteiger partial charge in [-0.1, -0.05) is 120 Å². The van der Waals surface area contributed by atoms with E-state index in [9.17, 15) is 0 Å². The molecule has 2 saturated carbocycles. The summed E-state index contributed by atoms with van der Waals surface area (Å²) in [7, 11) is 0. The summed E-state index contributed by atoms with van der Waals surface area (Å²) in [6, 6.07) is 9.45. The van der Waals surface area contributed by atoms with E-state index < -0.39 is 0 Å². The van der Waals surface area contributed by atoms with Gasteiger partial charge in [0.15, 0.2) is 0 Å². The lowest BCUT2D eigenvalue weighted by molar-refractivity contribution is 0.170. The van der Waals surface area contributed by atoms with Crippen LogP contribution in [0, 0.1) is 5.92 Å². The van der Waals surface area contributed by atoms with Gasteiger partial charge in [-0.3, -0.25) is 0 Å².